The van der Waals surface area contributed by atoms with Crippen molar-refractivity contribution in [2.24, 2.45) is 11.1 Å². The lowest BCUT2D eigenvalue weighted by Gasteiger charge is -2.50. The molecule has 1 saturated heterocycles. The topological polar surface area (TPSA) is 114 Å². The van der Waals surface area contributed by atoms with Gasteiger partial charge in [0.25, 0.3) is 5.89 Å². The number of aliphatic hydroxyl groups excluding tert-OH is 1. The summed E-state index contributed by atoms with van der Waals surface area (Å²) in [4.78, 5) is 6.16. The van der Waals surface area contributed by atoms with Crippen molar-refractivity contribution in [3.63, 3.8) is 0 Å². The van der Waals surface area contributed by atoms with E-state index < -0.39 is 0 Å². The quantitative estimate of drug-likeness (QED) is 0.657. The Morgan fingerprint density at radius 2 is 2.00 bits per heavy atom. The Labute approximate surface area is 161 Å². The maximum absolute atomic E-state index is 9.00. The van der Waals surface area contributed by atoms with E-state index in [2.05, 4.69) is 25.2 Å². The fourth-order valence-electron chi connectivity index (χ4n) is 3.31. The summed E-state index contributed by atoms with van der Waals surface area (Å²) < 4.78 is 5.04. The Bertz CT molecular complexity index is 924. The molecule has 3 N–H and O–H groups in total. The molecule has 1 aliphatic rings. The summed E-state index contributed by atoms with van der Waals surface area (Å²) in [6.07, 6.45) is 0.830. The number of aliphatic hydroxyl groups is 1. The molecule has 9 heteroatoms. The van der Waals surface area contributed by atoms with E-state index in [0.29, 0.717) is 12.2 Å². The van der Waals surface area contributed by atoms with E-state index in [1.54, 1.807) is 6.07 Å². The first-order chi connectivity index (χ1) is 13.1. The molecule has 3 heterocycles. The summed E-state index contributed by atoms with van der Waals surface area (Å²) in [7, 11) is 0. The lowest BCUT2D eigenvalue weighted by molar-refractivity contribution is 0.220. The number of aromatic nitrogens is 4. The van der Waals surface area contributed by atoms with Gasteiger partial charge in [-0.15, -0.1) is 10.2 Å². The predicted molar refractivity (Wildman–Crippen MR) is 100 cm³/mol. The van der Waals surface area contributed by atoms with E-state index in [1.165, 1.54) is 0 Å². The number of benzene rings is 1. The highest BCUT2D eigenvalue weighted by Gasteiger charge is 2.43. The second kappa shape index (κ2) is 7.22. The van der Waals surface area contributed by atoms with Crippen molar-refractivity contribution in [3.05, 3.63) is 52.8 Å². The zero-order valence-corrected chi connectivity index (χ0v) is 15.3. The van der Waals surface area contributed by atoms with Crippen LogP contribution in [0.2, 0.25) is 5.02 Å². The number of nitrogens with two attached hydrogens (primary N) is 1. The number of nitrogens with zero attached hydrogens (tertiary/aromatic N) is 5. The lowest BCUT2D eigenvalue weighted by atomic mass is 9.75. The van der Waals surface area contributed by atoms with Crippen LogP contribution in [-0.4, -0.2) is 45.1 Å². The minimum absolute atomic E-state index is 0.0200. The number of hydrogen-bond donors (Lipinski definition) is 2. The molecule has 27 heavy (non-hydrogen) atoms. The highest BCUT2D eigenvalue weighted by Crippen LogP contribution is 2.37. The van der Waals surface area contributed by atoms with E-state index in [1.807, 2.05) is 30.3 Å². The highest BCUT2D eigenvalue weighted by molar-refractivity contribution is 6.31. The molecule has 1 aliphatic heterocycles. The largest absolute Gasteiger partial charge is 0.388 e. The minimum atomic E-state index is -0.282. The van der Waals surface area contributed by atoms with Crippen LogP contribution in [0.4, 0.5) is 5.82 Å². The summed E-state index contributed by atoms with van der Waals surface area (Å²) in [6.45, 7) is 1.87. The van der Waals surface area contributed by atoms with E-state index in [4.69, 9.17) is 27.0 Å². The highest BCUT2D eigenvalue weighted by atomic mass is 35.5. The van der Waals surface area contributed by atoms with Crippen molar-refractivity contribution < 1.29 is 9.63 Å². The van der Waals surface area contributed by atoms with Crippen molar-refractivity contribution in [1.82, 2.24) is 20.3 Å². The molecule has 0 atom stereocenters. The molecular formula is C18H19ClN6O2. The molecule has 8 nitrogen and oxygen atoms in total. The van der Waals surface area contributed by atoms with Gasteiger partial charge in [-0.3, -0.25) is 0 Å². The van der Waals surface area contributed by atoms with Gasteiger partial charge in [0.2, 0.25) is 0 Å². The van der Waals surface area contributed by atoms with Gasteiger partial charge in [0, 0.05) is 30.1 Å². The maximum Gasteiger partial charge on any atom is 0.278 e. The van der Waals surface area contributed by atoms with Crippen molar-refractivity contribution in [1.29, 1.82) is 0 Å². The van der Waals surface area contributed by atoms with Gasteiger partial charge in [0.05, 0.1) is 0 Å². The van der Waals surface area contributed by atoms with Crippen molar-refractivity contribution in [3.8, 4) is 11.6 Å². The molecular weight excluding hydrogens is 368 g/mol. The molecule has 1 fully saturated rings. The fourth-order valence-corrected chi connectivity index (χ4v) is 3.52. The molecule has 2 aromatic heterocycles. The SMILES string of the molecule is NCC1(Cc2ccccc2Cl)CN(c2ccc(-c3nc(CO)no3)nn2)C1. The Balaban J connectivity index is 1.44. The van der Waals surface area contributed by atoms with E-state index in [-0.39, 0.29) is 23.7 Å². The number of halogens is 1. The molecule has 0 bridgehead atoms. The van der Waals surface area contributed by atoms with Crippen LogP contribution < -0.4 is 10.6 Å². The Kier molecular flexibility index (Phi) is 4.77. The van der Waals surface area contributed by atoms with Crippen LogP contribution in [0.15, 0.2) is 40.9 Å². The minimum Gasteiger partial charge on any atom is -0.388 e. The van der Waals surface area contributed by atoms with Gasteiger partial charge in [-0.25, -0.2) is 0 Å². The van der Waals surface area contributed by atoms with Crippen LogP contribution in [0.3, 0.4) is 0 Å². The van der Waals surface area contributed by atoms with Gasteiger partial charge in [-0.1, -0.05) is 35.0 Å². The predicted octanol–water partition coefficient (Wildman–Crippen LogP) is 1.68. The molecule has 0 radical (unpaired) electrons. The molecule has 4 rings (SSSR count). The van der Waals surface area contributed by atoms with E-state index in [9.17, 15) is 0 Å². The van der Waals surface area contributed by atoms with Crippen LogP contribution in [0.1, 0.15) is 11.4 Å². The van der Waals surface area contributed by atoms with Crippen LogP contribution >= 0.6 is 11.6 Å². The number of rotatable bonds is 6. The van der Waals surface area contributed by atoms with Crippen LogP contribution in [0.25, 0.3) is 11.6 Å². The summed E-state index contributed by atoms with van der Waals surface area (Å²) in [5.41, 5.74) is 7.63. The summed E-state index contributed by atoms with van der Waals surface area (Å²) in [5.74, 6) is 1.21. The normalized spacial score (nSPS) is 15.6. The monoisotopic (exact) mass is 386 g/mol. The van der Waals surface area contributed by atoms with Crippen molar-refractivity contribution in [2.45, 2.75) is 13.0 Å². The van der Waals surface area contributed by atoms with Crippen LogP contribution in [0, 0.1) is 5.41 Å². The van der Waals surface area contributed by atoms with E-state index >= 15 is 0 Å². The number of hydrogen-bond acceptors (Lipinski definition) is 8. The van der Waals surface area contributed by atoms with Crippen molar-refractivity contribution >= 4 is 17.4 Å². The summed E-state index contributed by atoms with van der Waals surface area (Å²) in [5, 5.41) is 21.8. The molecule has 0 spiro atoms. The lowest BCUT2D eigenvalue weighted by Crippen LogP contribution is -2.61. The first-order valence-corrected chi connectivity index (χ1v) is 8.96. The second-order valence-electron chi connectivity index (χ2n) is 6.78. The number of anilines is 1. The van der Waals surface area contributed by atoms with Crippen LogP contribution in [0.5, 0.6) is 0 Å². The third-order valence-electron chi connectivity index (χ3n) is 4.81. The third kappa shape index (κ3) is 3.51. The first-order valence-electron chi connectivity index (χ1n) is 8.58. The molecule has 1 aromatic carbocycles. The second-order valence-corrected chi connectivity index (χ2v) is 7.19. The zero-order valence-electron chi connectivity index (χ0n) is 14.5. The standard InChI is InChI=1S/C18H19ClN6O2/c19-13-4-2-1-3-12(13)7-18(9-20)10-25(11-18)16-6-5-14(22-23-16)17-21-15(8-26)24-27-17/h1-6,26H,7-11,20H2. The molecule has 0 saturated carbocycles. The summed E-state index contributed by atoms with van der Waals surface area (Å²) >= 11 is 6.30. The molecule has 140 valence electrons. The van der Waals surface area contributed by atoms with Crippen molar-refractivity contribution in [2.75, 3.05) is 24.5 Å². The third-order valence-corrected chi connectivity index (χ3v) is 5.18. The van der Waals surface area contributed by atoms with Gasteiger partial charge in [0.15, 0.2) is 17.3 Å². The van der Waals surface area contributed by atoms with Gasteiger partial charge in [0.1, 0.15) is 6.61 Å². The molecule has 0 amide bonds. The Morgan fingerprint density at radius 3 is 2.63 bits per heavy atom. The molecule has 0 aliphatic carbocycles. The molecule has 0 unspecified atom stereocenters. The van der Waals surface area contributed by atoms with Gasteiger partial charge >= 0.3 is 0 Å². The van der Waals surface area contributed by atoms with E-state index in [0.717, 1.165) is 35.9 Å². The van der Waals surface area contributed by atoms with Gasteiger partial charge < -0.3 is 20.3 Å². The Morgan fingerprint density at radius 1 is 1.19 bits per heavy atom. The average molecular weight is 387 g/mol. The summed E-state index contributed by atoms with van der Waals surface area (Å²) in [6, 6.07) is 11.5. The average Bonchev–Trinajstić information content (AvgIpc) is 3.15. The fraction of sp³-hybridized carbons (Fsp3) is 0.333. The van der Waals surface area contributed by atoms with Gasteiger partial charge in [-0.05, 0) is 30.2 Å². The molecule has 3 aromatic rings. The van der Waals surface area contributed by atoms with Gasteiger partial charge in [-0.2, -0.15) is 4.98 Å². The maximum atomic E-state index is 9.00. The first kappa shape index (κ1) is 17.8. The smallest absolute Gasteiger partial charge is 0.278 e. The Hall–Kier alpha value is -2.55. The van der Waals surface area contributed by atoms with Crippen LogP contribution in [-0.2, 0) is 13.0 Å². The zero-order chi connectivity index (χ0) is 18.9.